The summed E-state index contributed by atoms with van der Waals surface area (Å²) in [4.78, 5) is 4.20. The number of hydrogen-bond acceptors (Lipinski definition) is 2. The Kier molecular flexibility index (Phi) is 3.83. The largest absolute Gasteiger partial charge is 0.312 e. The van der Waals surface area contributed by atoms with Crippen LogP contribution in [0.3, 0.4) is 0 Å². The fourth-order valence-electron chi connectivity index (χ4n) is 1.73. The second-order valence-corrected chi connectivity index (χ2v) is 3.74. The molecule has 1 aromatic carbocycles. The molecule has 0 amide bonds. The highest BCUT2D eigenvalue weighted by molar-refractivity contribution is 5.84. The third-order valence-electron chi connectivity index (χ3n) is 2.55. The van der Waals surface area contributed by atoms with Gasteiger partial charge in [-0.25, -0.2) is 0 Å². The van der Waals surface area contributed by atoms with Crippen molar-refractivity contribution in [3.63, 3.8) is 0 Å². The van der Waals surface area contributed by atoms with Gasteiger partial charge in [0.15, 0.2) is 0 Å². The minimum atomic E-state index is -0.263. The van der Waals surface area contributed by atoms with Crippen molar-refractivity contribution >= 4 is 10.8 Å². The number of rotatable bonds is 5. The number of aromatic nitrogens is 1. The van der Waals surface area contributed by atoms with Gasteiger partial charge in [-0.15, -0.1) is 0 Å². The zero-order chi connectivity index (χ0) is 11.2. The van der Waals surface area contributed by atoms with Crippen LogP contribution in [-0.2, 0) is 6.54 Å². The van der Waals surface area contributed by atoms with Gasteiger partial charge in [0.1, 0.15) is 0 Å². The molecule has 0 aliphatic rings. The molecule has 0 saturated heterocycles. The van der Waals surface area contributed by atoms with Gasteiger partial charge in [-0.05, 0) is 23.9 Å². The number of alkyl halides is 1. The average molecular weight is 218 g/mol. The minimum absolute atomic E-state index is 0.263. The highest BCUT2D eigenvalue weighted by atomic mass is 19.1. The maximum Gasteiger partial charge on any atom is 0.0906 e. The molecular formula is C13H15FN2. The summed E-state index contributed by atoms with van der Waals surface area (Å²) in [7, 11) is 0. The Labute approximate surface area is 94.5 Å². The van der Waals surface area contributed by atoms with E-state index >= 15 is 0 Å². The van der Waals surface area contributed by atoms with E-state index in [9.17, 15) is 4.39 Å². The van der Waals surface area contributed by atoms with E-state index in [0.717, 1.165) is 17.5 Å². The van der Waals surface area contributed by atoms with Crippen LogP contribution in [0.4, 0.5) is 4.39 Å². The van der Waals surface area contributed by atoms with Crippen molar-refractivity contribution in [2.75, 3.05) is 13.2 Å². The van der Waals surface area contributed by atoms with E-state index in [-0.39, 0.29) is 6.67 Å². The summed E-state index contributed by atoms with van der Waals surface area (Å²) in [6.07, 6.45) is 4.30. The summed E-state index contributed by atoms with van der Waals surface area (Å²) in [5.41, 5.74) is 1.16. The SMILES string of the molecule is FCCCNCc1cncc2ccccc12. The predicted molar refractivity (Wildman–Crippen MR) is 64.0 cm³/mol. The molecule has 0 fully saturated rings. The van der Waals surface area contributed by atoms with Crippen molar-refractivity contribution in [3.05, 3.63) is 42.2 Å². The molecule has 0 unspecified atom stereocenters. The number of fused-ring (bicyclic) bond motifs is 1. The standard InChI is InChI=1S/C13H15FN2/c14-6-3-7-15-9-12-10-16-8-11-4-1-2-5-13(11)12/h1-2,4-5,8,10,15H,3,6-7,9H2. The Morgan fingerprint density at radius 2 is 2.06 bits per heavy atom. The fraction of sp³-hybridized carbons (Fsp3) is 0.308. The van der Waals surface area contributed by atoms with Crippen molar-refractivity contribution in [1.82, 2.24) is 10.3 Å². The van der Waals surface area contributed by atoms with E-state index in [4.69, 9.17) is 0 Å². The third kappa shape index (κ3) is 2.55. The number of hydrogen-bond donors (Lipinski definition) is 1. The second kappa shape index (κ2) is 5.56. The lowest BCUT2D eigenvalue weighted by molar-refractivity contribution is 0.459. The summed E-state index contributed by atoms with van der Waals surface area (Å²) in [6.45, 7) is 1.19. The Morgan fingerprint density at radius 1 is 1.19 bits per heavy atom. The number of halogens is 1. The van der Waals surface area contributed by atoms with Crippen molar-refractivity contribution in [1.29, 1.82) is 0 Å². The average Bonchev–Trinajstić information content (AvgIpc) is 2.35. The van der Waals surface area contributed by atoms with Crippen LogP contribution in [0.1, 0.15) is 12.0 Å². The Hall–Kier alpha value is -1.48. The molecule has 2 rings (SSSR count). The van der Waals surface area contributed by atoms with Gasteiger partial charge >= 0.3 is 0 Å². The molecule has 0 saturated carbocycles. The van der Waals surface area contributed by atoms with Crippen molar-refractivity contribution in [3.8, 4) is 0 Å². The van der Waals surface area contributed by atoms with Crippen LogP contribution >= 0.6 is 0 Å². The van der Waals surface area contributed by atoms with E-state index in [2.05, 4.69) is 16.4 Å². The summed E-state index contributed by atoms with van der Waals surface area (Å²) in [5, 5.41) is 5.57. The Balaban J connectivity index is 2.11. The molecule has 0 aliphatic carbocycles. The maximum absolute atomic E-state index is 11.9. The van der Waals surface area contributed by atoms with Crippen LogP contribution in [0.25, 0.3) is 10.8 Å². The first kappa shape index (κ1) is 11.0. The van der Waals surface area contributed by atoms with Crippen LogP contribution in [0, 0.1) is 0 Å². The van der Waals surface area contributed by atoms with Crippen molar-refractivity contribution < 1.29 is 4.39 Å². The number of pyridine rings is 1. The highest BCUT2D eigenvalue weighted by Crippen LogP contribution is 2.16. The molecule has 1 heterocycles. The Morgan fingerprint density at radius 3 is 2.94 bits per heavy atom. The Bertz CT molecular complexity index is 451. The summed E-state index contributed by atoms with van der Waals surface area (Å²) < 4.78 is 11.9. The lowest BCUT2D eigenvalue weighted by Crippen LogP contribution is -2.15. The molecule has 1 aromatic heterocycles. The molecule has 0 radical (unpaired) electrons. The smallest absolute Gasteiger partial charge is 0.0906 e. The van der Waals surface area contributed by atoms with Crippen molar-refractivity contribution in [2.45, 2.75) is 13.0 Å². The predicted octanol–water partition coefficient (Wildman–Crippen LogP) is 2.68. The van der Waals surface area contributed by atoms with Crippen LogP contribution < -0.4 is 5.32 Å². The topological polar surface area (TPSA) is 24.9 Å². The molecule has 2 aromatic rings. The third-order valence-corrected chi connectivity index (χ3v) is 2.55. The minimum Gasteiger partial charge on any atom is -0.312 e. The molecule has 1 N–H and O–H groups in total. The van der Waals surface area contributed by atoms with E-state index < -0.39 is 0 Å². The number of nitrogens with one attached hydrogen (secondary N) is 1. The lowest BCUT2D eigenvalue weighted by Gasteiger charge is -2.06. The summed E-state index contributed by atoms with van der Waals surface area (Å²) in [6, 6.07) is 8.16. The molecule has 84 valence electrons. The van der Waals surface area contributed by atoms with Gasteiger partial charge in [-0.3, -0.25) is 9.37 Å². The van der Waals surface area contributed by atoms with Crippen molar-refractivity contribution in [2.24, 2.45) is 0 Å². The van der Waals surface area contributed by atoms with Crippen LogP contribution in [0.2, 0.25) is 0 Å². The van der Waals surface area contributed by atoms with E-state index in [1.54, 1.807) is 0 Å². The monoisotopic (exact) mass is 218 g/mol. The first-order valence-electron chi connectivity index (χ1n) is 5.50. The molecule has 0 bridgehead atoms. The lowest BCUT2D eigenvalue weighted by atomic mass is 10.1. The van der Waals surface area contributed by atoms with Gasteiger partial charge in [-0.1, -0.05) is 24.3 Å². The van der Waals surface area contributed by atoms with Gasteiger partial charge in [0, 0.05) is 24.3 Å². The van der Waals surface area contributed by atoms with Gasteiger partial charge in [0.25, 0.3) is 0 Å². The summed E-state index contributed by atoms with van der Waals surface area (Å²) >= 11 is 0. The number of benzene rings is 1. The maximum atomic E-state index is 11.9. The van der Waals surface area contributed by atoms with Gasteiger partial charge in [-0.2, -0.15) is 0 Å². The van der Waals surface area contributed by atoms with Gasteiger partial charge < -0.3 is 5.32 Å². The van der Waals surface area contributed by atoms with E-state index in [0.29, 0.717) is 13.0 Å². The van der Waals surface area contributed by atoms with Gasteiger partial charge in [0.05, 0.1) is 6.67 Å². The first-order valence-corrected chi connectivity index (χ1v) is 5.50. The second-order valence-electron chi connectivity index (χ2n) is 3.74. The molecule has 0 spiro atoms. The molecule has 16 heavy (non-hydrogen) atoms. The van der Waals surface area contributed by atoms with E-state index in [1.165, 1.54) is 5.39 Å². The van der Waals surface area contributed by atoms with Crippen LogP contribution in [0.15, 0.2) is 36.7 Å². The fourth-order valence-corrected chi connectivity index (χ4v) is 1.73. The quantitative estimate of drug-likeness (QED) is 0.780. The van der Waals surface area contributed by atoms with Crippen LogP contribution in [-0.4, -0.2) is 18.2 Å². The summed E-state index contributed by atoms with van der Waals surface area (Å²) in [5.74, 6) is 0. The van der Waals surface area contributed by atoms with E-state index in [1.807, 2.05) is 30.6 Å². The zero-order valence-electron chi connectivity index (χ0n) is 9.12. The molecule has 0 aliphatic heterocycles. The number of nitrogens with zero attached hydrogens (tertiary/aromatic N) is 1. The molecular weight excluding hydrogens is 203 g/mol. The molecule has 3 heteroatoms. The normalized spacial score (nSPS) is 10.8. The first-order chi connectivity index (χ1) is 7.92. The molecule has 0 atom stereocenters. The molecule has 2 nitrogen and oxygen atoms in total. The van der Waals surface area contributed by atoms with Gasteiger partial charge in [0.2, 0.25) is 0 Å². The zero-order valence-corrected chi connectivity index (χ0v) is 9.12. The van der Waals surface area contributed by atoms with Crippen LogP contribution in [0.5, 0.6) is 0 Å². The highest BCUT2D eigenvalue weighted by Gasteiger charge is 1.99.